The number of hydrogen-bond donors (Lipinski definition) is 1. The summed E-state index contributed by atoms with van der Waals surface area (Å²) >= 11 is 0. The molecule has 1 aromatic heterocycles. The first-order valence-electron chi connectivity index (χ1n) is 11.0. The van der Waals surface area contributed by atoms with Gasteiger partial charge in [-0.15, -0.1) is 0 Å². The molecule has 2 saturated heterocycles. The van der Waals surface area contributed by atoms with E-state index in [4.69, 9.17) is 0 Å². The highest BCUT2D eigenvalue weighted by Gasteiger charge is 2.26. The molecule has 0 radical (unpaired) electrons. The van der Waals surface area contributed by atoms with Crippen molar-refractivity contribution < 1.29 is 4.79 Å². The van der Waals surface area contributed by atoms with Gasteiger partial charge in [0.25, 0.3) is 0 Å². The number of amides is 1. The Kier molecular flexibility index (Phi) is 6.96. The van der Waals surface area contributed by atoms with Gasteiger partial charge in [-0.2, -0.15) is 0 Å². The number of carbonyl (C=O) groups is 1. The summed E-state index contributed by atoms with van der Waals surface area (Å²) in [6.07, 6.45) is 5.09. The molecule has 164 valence electrons. The Bertz CT molecular complexity index is 866. The molecule has 1 N–H and O–H groups in total. The first-order chi connectivity index (χ1) is 15.2. The number of rotatable bonds is 5. The summed E-state index contributed by atoms with van der Waals surface area (Å²) < 4.78 is 0. The van der Waals surface area contributed by atoms with Gasteiger partial charge in [0.05, 0.1) is 0 Å². The Hall–Kier alpha value is -3.16. The fourth-order valence-electron chi connectivity index (χ4n) is 4.33. The lowest BCUT2D eigenvalue weighted by molar-refractivity contribution is -0.131. The third-order valence-corrected chi connectivity index (χ3v) is 6.06. The van der Waals surface area contributed by atoms with Crippen LogP contribution in [0.4, 0.5) is 5.95 Å². The van der Waals surface area contributed by atoms with Crippen molar-refractivity contribution in [3.8, 4) is 0 Å². The fourth-order valence-corrected chi connectivity index (χ4v) is 4.33. The van der Waals surface area contributed by atoms with Gasteiger partial charge in [0, 0.05) is 77.6 Å². The van der Waals surface area contributed by atoms with Crippen LogP contribution in [0.15, 0.2) is 53.8 Å². The van der Waals surface area contributed by atoms with E-state index in [9.17, 15) is 4.79 Å². The lowest BCUT2D eigenvalue weighted by atomic mass is 9.99. The molecule has 0 saturated carbocycles. The van der Waals surface area contributed by atoms with E-state index in [1.165, 1.54) is 5.56 Å². The normalized spacial score (nSPS) is 19.6. The highest BCUT2D eigenvalue weighted by molar-refractivity contribution is 5.81. The number of likely N-dealkylation sites (tertiary alicyclic amines) is 1. The number of nitrogens with zero attached hydrogens (tertiary/aromatic N) is 6. The van der Waals surface area contributed by atoms with Crippen molar-refractivity contribution in [2.24, 2.45) is 4.99 Å². The first kappa shape index (κ1) is 21.1. The minimum atomic E-state index is 0.181. The number of aliphatic imine (C=N–C) groups is 1. The van der Waals surface area contributed by atoms with Crippen LogP contribution < -0.4 is 10.2 Å². The van der Waals surface area contributed by atoms with Gasteiger partial charge in [0.2, 0.25) is 11.9 Å². The highest BCUT2D eigenvalue weighted by Crippen LogP contribution is 2.26. The van der Waals surface area contributed by atoms with Crippen LogP contribution in [0.25, 0.3) is 0 Å². The fraction of sp³-hybridized carbons (Fsp3) is 0.478. The summed E-state index contributed by atoms with van der Waals surface area (Å²) in [7, 11) is 1.81. The number of hydrogen-bond acceptors (Lipinski definition) is 5. The minimum absolute atomic E-state index is 0.181. The van der Waals surface area contributed by atoms with Gasteiger partial charge in [-0.1, -0.05) is 30.3 Å². The average molecular weight is 422 g/mol. The molecular formula is C23H31N7O. The lowest BCUT2D eigenvalue weighted by Gasteiger charge is -2.34. The van der Waals surface area contributed by atoms with E-state index in [0.29, 0.717) is 32.0 Å². The Morgan fingerprint density at radius 2 is 1.77 bits per heavy atom. The summed E-state index contributed by atoms with van der Waals surface area (Å²) in [5, 5.41) is 3.39. The number of carbonyl (C=O) groups excluding carboxylic acids is 1. The SMILES string of the molecule is CN=C(NCCC(=O)N1CCN(c2ncccn2)CC1)N1CCC(c2ccccc2)C1. The van der Waals surface area contributed by atoms with Crippen LogP contribution in [0.1, 0.15) is 24.3 Å². The highest BCUT2D eigenvalue weighted by atomic mass is 16.2. The topological polar surface area (TPSA) is 77.0 Å². The molecule has 2 aliphatic heterocycles. The molecule has 2 aromatic rings. The van der Waals surface area contributed by atoms with Gasteiger partial charge >= 0.3 is 0 Å². The summed E-state index contributed by atoms with van der Waals surface area (Å²) in [5.74, 6) is 2.34. The van der Waals surface area contributed by atoms with Gasteiger partial charge < -0.3 is 20.0 Å². The maximum atomic E-state index is 12.7. The average Bonchev–Trinajstić information content (AvgIpc) is 3.33. The molecule has 1 amide bonds. The van der Waals surface area contributed by atoms with E-state index >= 15 is 0 Å². The zero-order valence-electron chi connectivity index (χ0n) is 18.2. The standard InChI is InChI=1S/C23H31N7O/c1-24-22(30-13-9-20(18-30)19-6-3-2-4-7-19)27-12-8-21(31)28-14-16-29(17-15-28)23-25-10-5-11-26-23/h2-7,10-11,20H,8-9,12-18H2,1H3,(H,24,27). The van der Waals surface area contributed by atoms with E-state index < -0.39 is 0 Å². The van der Waals surface area contributed by atoms with E-state index in [1.807, 2.05) is 18.0 Å². The Morgan fingerprint density at radius 1 is 1.03 bits per heavy atom. The maximum Gasteiger partial charge on any atom is 0.225 e. The lowest BCUT2D eigenvalue weighted by Crippen LogP contribution is -2.50. The van der Waals surface area contributed by atoms with Gasteiger partial charge in [-0.25, -0.2) is 9.97 Å². The number of anilines is 1. The molecule has 0 aliphatic carbocycles. The van der Waals surface area contributed by atoms with E-state index in [-0.39, 0.29) is 5.91 Å². The van der Waals surface area contributed by atoms with E-state index in [2.05, 4.69) is 60.4 Å². The number of guanidine groups is 1. The van der Waals surface area contributed by atoms with Crippen molar-refractivity contribution in [1.82, 2.24) is 25.1 Å². The van der Waals surface area contributed by atoms with Crippen molar-refractivity contribution in [3.05, 3.63) is 54.4 Å². The Balaban J connectivity index is 1.19. The molecule has 1 atom stereocenters. The van der Waals surface area contributed by atoms with Crippen LogP contribution in [-0.2, 0) is 4.79 Å². The van der Waals surface area contributed by atoms with Crippen molar-refractivity contribution in [2.45, 2.75) is 18.8 Å². The van der Waals surface area contributed by atoms with Crippen LogP contribution in [0.5, 0.6) is 0 Å². The number of benzene rings is 1. The van der Waals surface area contributed by atoms with E-state index in [1.54, 1.807) is 12.4 Å². The van der Waals surface area contributed by atoms with Crippen molar-refractivity contribution >= 4 is 17.8 Å². The van der Waals surface area contributed by atoms with Crippen molar-refractivity contribution in [1.29, 1.82) is 0 Å². The second-order valence-electron chi connectivity index (χ2n) is 7.98. The summed E-state index contributed by atoms with van der Waals surface area (Å²) in [6.45, 7) is 5.48. The zero-order chi connectivity index (χ0) is 21.5. The second kappa shape index (κ2) is 10.2. The molecule has 4 rings (SSSR count). The third-order valence-electron chi connectivity index (χ3n) is 6.06. The third kappa shape index (κ3) is 5.31. The molecule has 0 bridgehead atoms. The van der Waals surface area contributed by atoms with Gasteiger partial charge in [0.15, 0.2) is 5.96 Å². The van der Waals surface area contributed by atoms with Gasteiger partial charge in [-0.3, -0.25) is 9.79 Å². The Labute approximate surface area is 184 Å². The summed E-state index contributed by atoms with van der Waals surface area (Å²) in [5.41, 5.74) is 1.38. The van der Waals surface area contributed by atoms with Crippen LogP contribution >= 0.6 is 0 Å². The van der Waals surface area contributed by atoms with Crippen LogP contribution in [0.3, 0.4) is 0 Å². The quantitative estimate of drug-likeness (QED) is 0.584. The molecule has 1 aromatic carbocycles. The smallest absolute Gasteiger partial charge is 0.225 e. The molecule has 3 heterocycles. The zero-order valence-corrected chi connectivity index (χ0v) is 18.2. The van der Waals surface area contributed by atoms with Crippen LogP contribution in [-0.4, -0.2) is 84.5 Å². The van der Waals surface area contributed by atoms with E-state index in [0.717, 1.165) is 44.5 Å². The van der Waals surface area contributed by atoms with Crippen LogP contribution in [0.2, 0.25) is 0 Å². The molecule has 8 heteroatoms. The maximum absolute atomic E-state index is 12.7. The molecule has 31 heavy (non-hydrogen) atoms. The van der Waals surface area contributed by atoms with Crippen molar-refractivity contribution in [3.63, 3.8) is 0 Å². The Morgan fingerprint density at radius 3 is 2.48 bits per heavy atom. The van der Waals surface area contributed by atoms with Gasteiger partial charge in [-0.05, 0) is 18.1 Å². The molecule has 1 unspecified atom stereocenters. The molecule has 2 fully saturated rings. The molecule has 0 spiro atoms. The molecule has 2 aliphatic rings. The molecular weight excluding hydrogens is 390 g/mol. The number of piperazine rings is 1. The van der Waals surface area contributed by atoms with Crippen molar-refractivity contribution in [2.75, 3.05) is 57.8 Å². The largest absolute Gasteiger partial charge is 0.356 e. The number of nitrogens with one attached hydrogen (secondary N) is 1. The first-order valence-corrected chi connectivity index (χ1v) is 11.0. The second-order valence-corrected chi connectivity index (χ2v) is 7.98. The minimum Gasteiger partial charge on any atom is -0.356 e. The summed E-state index contributed by atoms with van der Waals surface area (Å²) in [4.78, 5) is 32.0. The predicted octanol–water partition coefficient (Wildman–Crippen LogP) is 1.58. The van der Waals surface area contributed by atoms with Gasteiger partial charge in [0.1, 0.15) is 0 Å². The predicted molar refractivity (Wildman–Crippen MR) is 122 cm³/mol. The monoisotopic (exact) mass is 421 g/mol. The van der Waals surface area contributed by atoms with Crippen LogP contribution in [0, 0.1) is 0 Å². The molecule has 8 nitrogen and oxygen atoms in total. The summed E-state index contributed by atoms with van der Waals surface area (Å²) in [6, 6.07) is 12.5. The number of aromatic nitrogens is 2.